The summed E-state index contributed by atoms with van der Waals surface area (Å²) in [5.41, 5.74) is 1.16. The van der Waals surface area contributed by atoms with E-state index in [0.717, 1.165) is 4.90 Å². The number of fused-ring (bicyclic) bond motifs is 1. The second-order valence-electron chi connectivity index (χ2n) is 5.34. The van der Waals surface area contributed by atoms with Crippen LogP contribution in [-0.4, -0.2) is 22.7 Å². The first-order valence-corrected chi connectivity index (χ1v) is 8.12. The molecule has 0 radical (unpaired) electrons. The SMILES string of the molecule is CC(=O)C(C(=O)c1ccccc1)C1Sc2ccccc2NC1=O. The summed E-state index contributed by atoms with van der Waals surface area (Å²) in [6, 6.07) is 16.0. The maximum absolute atomic E-state index is 12.7. The van der Waals surface area contributed by atoms with Crippen LogP contribution in [0.15, 0.2) is 59.5 Å². The van der Waals surface area contributed by atoms with E-state index in [2.05, 4.69) is 5.32 Å². The minimum Gasteiger partial charge on any atom is -0.324 e. The number of amides is 1. The molecular weight excluding hydrogens is 310 g/mol. The highest BCUT2D eigenvalue weighted by Gasteiger charge is 2.40. The summed E-state index contributed by atoms with van der Waals surface area (Å²) in [6.07, 6.45) is 0. The van der Waals surface area contributed by atoms with E-state index in [1.807, 2.05) is 18.2 Å². The maximum Gasteiger partial charge on any atom is 0.239 e. The molecule has 0 aliphatic carbocycles. The average molecular weight is 325 g/mol. The molecule has 0 bridgehead atoms. The molecule has 0 saturated carbocycles. The van der Waals surface area contributed by atoms with Crippen LogP contribution in [0, 0.1) is 5.92 Å². The highest BCUT2D eigenvalue weighted by atomic mass is 32.2. The molecule has 0 saturated heterocycles. The third-order valence-electron chi connectivity index (χ3n) is 3.74. The summed E-state index contributed by atoms with van der Waals surface area (Å²) < 4.78 is 0. The van der Waals surface area contributed by atoms with Gasteiger partial charge in [-0.2, -0.15) is 0 Å². The van der Waals surface area contributed by atoms with Gasteiger partial charge in [0, 0.05) is 10.5 Å². The number of anilines is 1. The number of ketones is 2. The standard InChI is InChI=1S/C18H15NO3S/c1-11(20)15(16(21)12-7-3-2-4-8-12)17-18(22)19-13-9-5-6-10-14(13)23-17/h2-10,15,17H,1H3,(H,19,22). The van der Waals surface area contributed by atoms with Gasteiger partial charge in [0.15, 0.2) is 5.78 Å². The zero-order chi connectivity index (χ0) is 16.4. The maximum atomic E-state index is 12.7. The van der Waals surface area contributed by atoms with E-state index in [1.165, 1.54) is 18.7 Å². The molecule has 1 aliphatic heterocycles. The lowest BCUT2D eigenvalue weighted by Crippen LogP contribution is -2.42. The first-order chi connectivity index (χ1) is 11.1. The van der Waals surface area contributed by atoms with Gasteiger partial charge in [0.05, 0.1) is 5.69 Å². The van der Waals surface area contributed by atoms with Gasteiger partial charge in [-0.3, -0.25) is 14.4 Å². The Morgan fingerprint density at radius 3 is 2.39 bits per heavy atom. The van der Waals surface area contributed by atoms with Gasteiger partial charge in [0.2, 0.25) is 5.91 Å². The Bertz CT molecular complexity index is 773. The van der Waals surface area contributed by atoms with E-state index in [-0.39, 0.29) is 17.5 Å². The molecule has 0 spiro atoms. The summed E-state index contributed by atoms with van der Waals surface area (Å²) in [5.74, 6) is -1.91. The number of rotatable bonds is 4. The molecule has 2 unspecified atom stereocenters. The normalized spacial score (nSPS) is 17.8. The number of para-hydroxylation sites is 1. The molecule has 2 atom stereocenters. The quantitative estimate of drug-likeness (QED) is 0.693. The number of hydrogen-bond donors (Lipinski definition) is 1. The van der Waals surface area contributed by atoms with E-state index in [1.54, 1.807) is 36.4 Å². The predicted molar refractivity (Wildman–Crippen MR) is 89.7 cm³/mol. The fourth-order valence-electron chi connectivity index (χ4n) is 2.60. The summed E-state index contributed by atoms with van der Waals surface area (Å²) in [5, 5.41) is 2.03. The number of benzene rings is 2. The van der Waals surface area contributed by atoms with E-state index < -0.39 is 11.2 Å². The van der Waals surface area contributed by atoms with Crippen LogP contribution < -0.4 is 5.32 Å². The van der Waals surface area contributed by atoms with Crippen molar-refractivity contribution in [1.82, 2.24) is 0 Å². The van der Waals surface area contributed by atoms with Crippen molar-refractivity contribution >= 4 is 34.9 Å². The molecule has 1 heterocycles. The molecule has 3 rings (SSSR count). The molecule has 23 heavy (non-hydrogen) atoms. The molecule has 2 aromatic rings. The summed E-state index contributed by atoms with van der Waals surface area (Å²) in [4.78, 5) is 38.1. The van der Waals surface area contributed by atoms with Crippen molar-refractivity contribution in [2.45, 2.75) is 17.1 Å². The second-order valence-corrected chi connectivity index (χ2v) is 6.53. The monoisotopic (exact) mass is 325 g/mol. The Hall–Kier alpha value is -2.40. The van der Waals surface area contributed by atoms with Crippen LogP contribution in [0.2, 0.25) is 0 Å². The second kappa shape index (κ2) is 6.38. The highest BCUT2D eigenvalue weighted by molar-refractivity contribution is 8.01. The zero-order valence-corrected chi connectivity index (χ0v) is 13.3. The largest absolute Gasteiger partial charge is 0.324 e. The van der Waals surface area contributed by atoms with Gasteiger partial charge in [0.1, 0.15) is 17.0 Å². The Kier molecular flexibility index (Phi) is 4.30. The highest BCUT2D eigenvalue weighted by Crippen LogP contribution is 2.39. The number of carbonyl (C=O) groups excluding carboxylic acids is 3. The summed E-state index contributed by atoms with van der Waals surface area (Å²) >= 11 is 1.27. The van der Waals surface area contributed by atoms with Crippen LogP contribution in [-0.2, 0) is 9.59 Å². The van der Waals surface area contributed by atoms with E-state index in [4.69, 9.17) is 0 Å². The Morgan fingerprint density at radius 2 is 1.70 bits per heavy atom. The van der Waals surface area contributed by atoms with Gasteiger partial charge in [-0.1, -0.05) is 42.5 Å². The number of carbonyl (C=O) groups is 3. The van der Waals surface area contributed by atoms with Crippen molar-refractivity contribution < 1.29 is 14.4 Å². The van der Waals surface area contributed by atoms with Gasteiger partial charge in [-0.25, -0.2) is 0 Å². The number of nitrogens with one attached hydrogen (secondary N) is 1. The first kappa shape index (κ1) is 15.5. The third-order valence-corrected chi connectivity index (χ3v) is 5.09. The van der Waals surface area contributed by atoms with Crippen molar-refractivity contribution in [3.8, 4) is 0 Å². The number of thioether (sulfide) groups is 1. The summed E-state index contributed by atoms with van der Waals surface area (Å²) in [6.45, 7) is 1.36. The van der Waals surface area contributed by atoms with Crippen LogP contribution in [0.1, 0.15) is 17.3 Å². The van der Waals surface area contributed by atoms with Gasteiger partial charge in [-0.15, -0.1) is 11.8 Å². The molecule has 1 aliphatic rings. The van der Waals surface area contributed by atoms with Gasteiger partial charge in [-0.05, 0) is 19.1 Å². The third kappa shape index (κ3) is 3.05. The van der Waals surface area contributed by atoms with Crippen molar-refractivity contribution in [2.75, 3.05) is 5.32 Å². The average Bonchev–Trinajstić information content (AvgIpc) is 2.56. The van der Waals surface area contributed by atoms with Gasteiger partial charge < -0.3 is 5.32 Å². The van der Waals surface area contributed by atoms with E-state index in [9.17, 15) is 14.4 Å². The number of hydrogen-bond acceptors (Lipinski definition) is 4. The first-order valence-electron chi connectivity index (χ1n) is 7.24. The summed E-state index contributed by atoms with van der Waals surface area (Å²) in [7, 11) is 0. The molecule has 1 N–H and O–H groups in total. The Labute approximate surface area is 138 Å². The molecular formula is C18H15NO3S. The minimum absolute atomic E-state index is 0.300. The van der Waals surface area contributed by atoms with Crippen LogP contribution in [0.25, 0.3) is 0 Å². The zero-order valence-electron chi connectivity index (χ0n) is 12.5. The van der Waals surface area contributed by atoms with E-state index >= 15 is 0 Å². The lowest BCUT2D eigenvalue weighted by molar-refractivity contribution is -0.123. The predicted octanol–water partition coefficient (Wildman–Crippen LogP) is 3.19. The fraction of sp³-hybridized carbons (Fsp3) is 0.167. The Balaban J connectivity index is 1.95. The van der Waals surface area contributed by atoms with Crippen LogP contribution in [0.5, 0.6) is 0 Å². The lowest BCUT2D eigenvalue weighted by atomic mass is 9.90. The van der Waals surface area contributed by atoms with Crippen molar-refractivity contribution in [1.29, 1.82) is 0 Å². The van der Waals surface area contributed by atoms with Crippen LogP contribution in [0.3, 0.4) is 0 Å². The molecule has 1 amide bonds. The Morgan fingerprint density at radius 1 is 1.04 bits per heavy atom. The minimum atomic E-state index is -0.990. The van der Waals surface area contributed by atoms with Crippen molar-refractivity contribution in [2.24, 2.45) is 5.92 Å². The topological polar surface area (TPSA) is 63.2 Å². The lowest BCUT2D eigenvalue weighted by Gasteiger charge is -2.28. The van der Waals surface area contributed by atoms with Crippen molar-refractivity contribution in [3.63, 3.8) is 0 Å². The molecule has 116 valence electrons. The van der Waals surface area contributed by atoms with E-state index in [0.29, 0.717) is 11.3 Å². The van der Waals surface area contributed by atoms with Crippen LogP contribution in [0.4, 0.5) is 5.69 Å². The van der Waals surface area contributed by atoms with Crippen LogP contribution >= 0.6 is 11.8 Å². The fourth-order valence-corrected chi connectivity index (χ4v) is 3.90. The number of Topliss-reactive ketones (excluding diaryl/α,β-unsaturated/α-hetero) is 2. The molecule has 5 heteroatoms. The molecule has 0 aromatic heterocycles. The van der Waals surface area contributed by atoms with Gasteiger partial charge >= 0.3 is 0 Å². The molecule has 4 nitrogen and oxygen atoms in total. The molecule has 2 aromatic carbocycles. The smallest absolute Gasteiger partial charge is 0.239 e. The van der Waals surface area contributed by atoms with Crippen molar-refractivity contribution in [3.05, 3.63) is 60.2 Å². The molecule has 0 fully saturated rings. The van der Waals surface area contributed by atoms with Gasteiger partial charge in [0.25, 0.3) is 0 Å².